The zero-order valence-electron chi connectivity index (χ0n) is 16.3. The highest BCUT2D eigenvalue weighted by atomic mass is 16.5. The summed E-state index contributed by atoms with van der Waals surface area (Å²) < 4.78 is 15.7. The summed E-state index contributed by atoms with van der Waals surface area (Å²) in [6, 6.07) is 10.4. The number of esters is 1. The largest absolute Gasteiger partial charge is 0.497 e. The summed E-state index contributed by atoms with van der Waals surface area (Å²) in [6.07, 6.45) is 0. The van der Waals surface area contributed by atoms with E-state index in [-0.39, 0.29) is 12.6 Å². The van der Waals surface area contributed by atoms with Gasteiger partial charge in [-0.3, -0.25) is 4.79 Å². The molecule has 1 N–H and O–H groups in total. The first-order valence-corrected chi connectivity index (χ1v) is 8.62. The first-order valence-electron chi connectivity index (χ1n) is 8.62. The second-order valence-electron chi connectivity index (χ2n) is 6.22. The number of carbonyl (C=O) groups excluding carboxylic acids is 2. The van der Waals surface area contributed by atoms with Crippen molar-refractivity contribution in [2.75, 3.05) is 20.8 Å². The van der Waals surface area contributed by atoms with E-state index in [1.165, 1.54) is 0 Å². The fraction of sp³-hybridized carbons (Fsp3) is 0.333. The number of carbonyl (C=O) groups is 2. The van der Waals surface area contributed by atoms with Crippen LogP contribution in [0, 0.1) is 13.8 Å². The molecular formula is C21H25NO5. The number of amides is 1. The van der Waals surface area contributed by atoms with Crippen molar-refractivity contribution in [2.24, 2.45) is 0 Å². The monoisotopic (exact) mass is 371 g/mol. The molecule has 0 spiro atoms. The summed E-state index contributed by atoms with van der Waals surface area (Å²) in [7, 11) is 3.13. The van der Waals surface area contributed by atoms with Crippen molar-refractivity contribution in [3.8, 4) is 11.5 Å². The van der Waals surface area contributed by atoms with E-state index in [0.29, 0.717) is 17.1 Å². The van der Waals surface area contributed by atoms with Crippen molar-refractivity contribution in [3.05, 3.63) is 58.7 Å². The molecule has 0 fully saturated rings. The van der Waals surface area contributed by atoms with Crippen molar-refractivity contribution in [1.82, 2.24) is 5.32 Å². The van der Waals surface area contributed by atoms with Gasteiger partial charge >= 0.3 is 5.97 Å². The van der Waals surface area contributed by atoms with Gasteiger partial charge in [-0.2, -0.15) is 0 Å². The lowest BCUT2D eigenvalue weighted by Crippen LogP contribution is -2.31. The standard InChI is InChI=1S/C21H25NO5/c1-13-7-6-8-17(14(13)2)21(24)27-12-20(23)22-15(3)18-11-16(25-4)9-10-19(18)26-5/h6-11,15H,12H2,1-5H3,(H,22,23). The Labute approximate surface area is 159 Å². The molecule has 1 atom stereocenters. The lowest BCUT2D eigenvalue weighted by Gasteiger charge is -2.18. The minimum absolute atomic E-state index is 0.345. The van der Waals surface area contributed by atoms with E-state index in [2.05, 4.69) is 5.32 Å². The van der Waals surface area contributed by atoms with Crippen LogP contribution in [-0.4, -0.2) is 32.7 Å². The lowest BCUT2D eigenvalue weighted by atomic mass is 10.0. The number of benzene rings is 2. The second kappa shape index (κ2) is 9.07. The summed E-state index contributed by atoms with van der Waals surface area (Å²) in [5.74, 6) is 0.383. The Hall–Kier alpha value is -3.02. The fourth-order valence-electron chi connectivity index (χ4n) is 2.72. The van der Waals surface area contributed by atoms with Crippen molar-refractivity contribution in [3.63, 3.8) is 0 Å². The lowest BCUT2D eigenvalue weighted by molar-refractivity contribution is -0.124. The molecule has 144 valence electrons. The molecule has 0 bridgehead atoms. The van der Waals surface area contributed by atoms with Gasteiger partial charge in [-0.25, -0.2) is 4.79 Å². The van der Waals surface area contributed by atoms with E-state index in [1.54, 1.807) is 44.6 Å². The maximum atomic E-state index is 12.2. The predicted molar refractivity (Wildman–Crippen MR) is 102 cm³/mol. The van der Waals surface area contributed by atoms with E-state index < -0.39 is 11.9 Å². The number of hydrogen-bond acceptors (Lipinski definition) is 5. The summed E-state index contributed by atoms with van der Waals surface area (Å²) in [4.78, 5) is 24.4. The number of hydrogen-bond donors (Lipinski definition) is 1. The van der Waals surface area contributed by atoms with Crippen molar-refractivity contribution < 1.29 is 23.8 Å². The molecule has 6 nitrogen and oxygen atoms in total. The van der Waals surface area contributed by atoms with Crippen LogP contribution in [-0.2, 0) is 9.53 Å². The molecule has 0 aliphatic heterocycles. The highest BCUT2D eigenvalue weighted by Gasteiger charge is 2.17. The van der Waals surface area contributed by atoms with Gasteiger partial charge in [-0.1, -0.05) is 12.1 Å². The van der Waals surface area contributed by atoms with E-state index in [0.717, 1.165) is 16.7 Å². The van der Waals surface area contributed by atoms with Crippen LogP contribution in [0.2, 0.25) is 0 Å². The molecule has 0 aliphatic rings. The summed E-state index contributed by atoms with van der Waals surface area (Å²) in [5.41, 5.74) is 3.07. The highest BCUT2D eigenvalue weighted by molar-refractivity contribution is 5.93. The van der Waals surface area contributed by atoms with Gasteiger partial charge in [0.15, 0.2) is 6.61 Å². The van der Waals surface area contributed by atoms with Gasteiger partial charge in [0.25, 0.3) is 5.91 Å². The molecule has 0 aromatic heterocycles. The van der Waals surface area contributed by atoms with Gasteiger partial charge < -0.3 is 19.5 Å². The predicted octanol–water partition coefficient (Wildman–Crippen LogP) is 3.35. The Bertz CT molecular complexity index is 831. The average Bonchev–Trinajstić information content (AvgIpc) is 2.67. The van der Waals surface area contributed by atoms with Crippen LogP contribution in [0.1, 0.15) is 40.0 Å². The Kier molecular flexibility index (Phi) is 6.82. The molecule has 2 rings (SSSR count). The smallest absolute Gasteiger partial charge is 0.338 e. The summed E-state index contributed by atoms with van der Waals surface area (Å²) in [6.45, 7) is 5.23. The first-order chi connectivity index (χ1) is 12.9. The Morgan fingerprint density at radius 2 is 1.81 bits per heavy atom. The third kappa shape index (κ3) is 5.00. The van der Waals surface area contributed by atoms with Gasteiger partial charge in [-0.05, 0) is 56.2 Å². The first kappa shape index (κ1) is 20.3. The van der Waals surface area contributed by atoms with Gasteiger partial charge in [-0.15, -0.1) is 0 Å². The molecule has 27 heavy (non-hydrogen) atoms. The number of ether oxygens (including phenoxy) is 3. The number of methoxy groups -OCH3 is 2. The number of rotatable bonds is 7. The summed E-state index contributed by atoms with van der Waals surface area (Å²) in [5, 5.41) is 2.80. The van der Waals surface area contributed by atoms with Crippen molar-refractivity contribution in [2.45, 2.75) is 26.8 Å². The molecule has 1 amide bonds. The molecule has 1 unspecified atom stereocenters. The van der Waals surface area contributed by atoms with Crippen LogP contribution >= 0.6 is 0 Å². The molecule has 0 saturated carbocycles. The third-order valence-corrected chi connectivity index (χ3v) is 4.44. The topological polar surface area (TPSA) is 73.9 Å². The van der Waals surface area contributed by atoms with Crippen LogP contribution in [0.5, 0.6) is 11.5 Å². The zero-order chi connectivity index (χ0) is 20.0. The van der Waals surface area contributed by atoms with Crippen molar-refractivity contribution in [1.29, 1.82) is 0 Å². The van der Waals surface area contributed by atoms with E-state index >= 15 is 0 Å². The van der Waals surface area contributed by atoms with Crippen LogP contribution < -0.4 is 14.8 Å². The Balaban J connectivity index is 1.99. The fourth-order valence-corrected chi connectivity index (χ4v) is 2.72. The Morgan fingerprint density at radius 3 is 2.48 bits per heavy atom. The number of nitrogens with one attached hydrogen (secondary N) is 1. The quantitative estimate of drug-likeness (QED) is 0.756. The van der Waals surface area contributed by atoms with Crippen LogP contribution in [0.15, 0.2) is 36.4 Å². The van der Waals surface area contributed by atoms with E-state index in [9.17, 15) is 9.59 Å². The van der Waals surface area contributed by atoms with Gasteiger partial charge in [0.2, 0.25) is 0 Å². The Morgan fingerprint density at radius 1 is 1.07 bits per heavy atom. The number of aryl methyl sites for hydroxylation is 1. The third-order valence-electron chi connectivity index (χ3n) is 4.44. The summed E-state index contributed by atoms with van der Waals surface area (Å²) >= 11 is 0. The van der Waals surface area contributed by atoms with Crippen LogP contribution in [0.4, 0.5) is 0 Å². The SMILES string of the molecule is COc1ccc(OC)c(C(C)NC(=O)COC(=O)c2cccc(C)c2C)c1. The highest BCUT2D eigenvalue weighted by Crippen LogP contribution is 2.29. The van der Waals surface area contributed by atoms with Crippen LogP contribution in [0.25, 0.3) is 0 Å². The second-order valence-corrected chi connectivity index (χ2v) is 6.22. The minimum Gasteiger partial charge on any atom is -0.497 e. The van der Waals surface area contributed by atoms with Gasteiger partial charge in [0, 0.05) is 5.56 Å². The van der Waals surface area contributed by atoms with Gasteiger partial charge in [0.1, 0.15) is 11.5 Å². The molecule has 2 aromatic carbocycles. The molecule has 6 heteroatoms. The van der Waals surface area contributed by atoms with E-state index in [1.807, 2.05) is 26.8 Å². The van der Waals surface area contributed by atoms with Crippen LogP contribution in [0.3, 0.4) is 0 Å². The molecule has 2 aromatic rings. The molecular weight excluding hydrogens is 346 g/mol. The van der Waals surface area contributed by atoms with Crippen molar-refractivity contribution >= 4 is 11.9 Å². The van der Waals surface area contributed by atoms with E-state index in [4.69, 9.17) is 14.2 Å². The molecule has 0 aliphatic carbocycles. The minimum atomic E-state index is -0.516. The maximum absolute atomic E-state index is 12.2. The van der Waals surface area contributed by atoms with Gasteiger partial charge in [0.05, 0.1) is 25.8 Å². The average molecular weight is 371 g/mol. The normalized spacial score (nSPS) is 11.4. The molecule has 0 saturated heterocycles. The molecule has 0 radical (unpaired) electrons. The zero-order valence-corrected chi connectivity index (χ0v) is 16.3. The maximum Gasteiger partial charge on any atom is 0.338 e. The molecule has 0 heterocycles.